The summed E-state index contributed by atoms with van der Waals surface area (Å²) < 4.78 is 0. The Bertz CT molecular complexity index is 355. The van der Waals surface area contributed by atoms with E-state index in [1.807, 2.05) is 19.9 Å². The maximum atomic E-state index is 10.5. The van der Waals surface area contributed by atoms with Crippen LogP contribution >= 0.6 is 12.4 Å². The van der Waals surface area contributed by atoms with E-state index in [2.05, 4.69) is 4.98 Å². The zero-order valence-electron chi connectivity index (χ0n) is 8.73. The van der Waals surface area contributed by atoms with Gasteiger partial charge in [0.25, 0.3) is 0 Å². The smallest absolute Gasteiger partial charge is 0.320 e. The lowest BCUT2D eigenvalue weighted by Gasteiger charge is -2.07. The highest BCUT2D eigenvalue weighted by atomic mass is 35.5. The van der Waals surface area contributed by atoms with Gasteiger partial charge in [-0.3, -0.25) is 9.78 Å². The minimum Gasteiger partial charge on any atom is -0.480 e. The Morgan fingerprint density at radius 1 is 1.60 bits per heavy atom. The number of hydrogen-bond acceptors (Lipinski definition) is 3. The van der Waals surface area contributed by atoms with Crippen molar-refractivity contribution in [3.63, 3.8) is 0 Å². The predicted molar refractivity (Wildman–Crippen MR) is 60.3 cm³/mol. The molecule has 1 aromatic rings. The van der Waals surface area contributed by atoms with Gasteiger partial charge in [-0.1, -0.05) is 6.07 Å². The lowest BCUT2D eigenvalue weighted by Crippen LogP contribution is -2.32. The molecule has 3 N–H and O–H groups in total. The first-order chi connectivity index (χ1) is 6.50. The minimum absolute atomic E-state index is 0. The number of carboxylic acids is 1. The molecule has 0 aromatic carbocycles. The predicted octanol–water partition coefficient (Wildman–Crippen LogP) is 1.07. The Morgan fingerprint density at radius 2 is 2.20 bits per heavy atom. The fourth-order valence-corrected chi connectivity index (χ4v) is 1.15. The van der Waals surface area contributed by atoms with Gasteiger partial charge in [0, 0.05) is 11.9 Å². The highest BCUT2D eigenvalue weighted by Gasteiger charge is 2.12. The fraction of sp³-hybridized carbons (Fsp3) is 0.400. The van der Waals surface area contributed by atoms with Crippen molar-refractivity contribution in [1.82, 2.24) is 4.98 Å². The van der Waals surface area contributed by atoms with Crippen LogP contribution in [0.15, 0.2) is 12.3 Å². The van der Waals surface area contributed by atoms with E-state index >= 15 is 0 Å². The maximum Gasteiger partial charge on any atom is 0.320 e. The lowest BCUT2D eigenvalue weighted by molar-refractivity contribution is -0.138. The summed E-state index contributed by atoms with van der Waals surface area (Å²) in [6, 6.07) is 1.07. The number of aromatic nitrogens is 1. The summed E-state index contributed by atoms with van der Waals surface area (Å²) in [6.45, 7) is 3.86. The summed E-state index contributed by atoms with van der Waals surface area (Å²) in [6.07, 6.45) is 1.99. The second-order valence-corrected chi connectivity index (χ2v) is 3.39. The van der Waals surface area contributed by atoms with Crippen LogP contribution in [0.3, 0.4) is 0 Å². The van der Waals surface area contributed by atoms with Crippen molar-refractivity contribution >= 4 is 18.4 Å². The molecular formula is C10H15ClN2O2. The first-order valence-electron chi connectivity index (χ1n) is 4.41. The van der Waals surface area contributed by atoms with E-state index in [-0.39, 0.29) is 12.4 Å². The molecule has 5 heteroatoms. The molecule has 1 heterocycles. The topological polar surface area (TPSA) is 76.2 Å². The molecule has 0 aliphatic carbocycles. The molecule has 1 aromatic heterocycles. The molecule has 0 saturated heterocycles. The molecule has 0 amide bonds. The number of aryl methyl sites for hydroxylation is 2. The van der Waals surface area contributed by atoms with E-state index < -0.39 is 12.0 Å². The molecule has 1 atom stereocenters. The number of rotatable bonds is 3. The van der Waals surface area contributed by atoms with Crippen LogP contribution in [0.25, 0.3) is 0 Å². The van der Waals surface area contributed by atoms with Gasteiger partial charge < -0.3 is 10.8 Å². The Balaban J connectivity index is 0.00000196. The zero-order chi connectivity index (χ0) is 10.7. The number of nitrogens with two attached hydrogens (primary N) is 1. The minimum atomic E-state index is -0.983. The van der Waals surface area contributed by atoms with Gasteiger partial charge in [-0.05, 0) is 31.4 Å². The second kappa shape index (κ2) is 5.68. The van der Waals surface area contributed by atoms with Gasteiger partial charge >= 0.3 is 5.97 Å². The van der Waals surface area contributed by atoms with Crippen LogP contribution in [0.4, 0.5) is 0 Å². The maximum absolute atomic E-state index is 10.5. The largest absolute Gasteiger partial charge is 0.480 e. The van der Waals surface area contributed by atoms with E-state index in [0.29, 0.717) is 6.42 Å². The van der Waals surface area contributed by atoms with Gasteiger partial charge in [0.15, 0.2) is 0 Å². The average molecular weight is 231 g/mol. The molecule has 0 aliphatic rings. The first-order valence-corrected chi connectivity index (χ1v) is 4.41. The van der Waals surface area contributed by atoms with Crippen molar-refractivity contribution in [1.29, 1.82) is 0 Å². The van der Waals surface area contributed by atoms with Crippen LogP contribution in [0, 0.1) is 13.8 Å². The summed E-state index contributed by atoms with van der Waals surface area (Å²) in [5.74, 6) is -0.983. The van der Waals surface area contributed by atoms with E-state index in [1.54, 1.807) is 6.20 Å². The molecule has 84 valence electrons. The van der Waals surface area contributed by atoms with Crippen LogP contribution < -0.4 is 5.73 Å². The molecule has 0 unspecified atom stereocenters. The van der Waals surface area contributed by atoms with Crippen LogP contribution in [-0.2, 0) is 11.2 Å². The van der Waals surface area contributed by atoms with Crippen molar-refractivity contribution in [2.75, 3.05) is 0 Å². The number of hydrogen-bond donors (Lipinski definition) is 2. The zero-order valence-corrected chi connectivity index (χ0v) is 9.54. The summed E-state index contributed by atoms with van der Waals surface area (Å²) in [7, 11) is 0. The monoisotopic (exact) mass is 230 g/mol. The molecule has 0 bridgehead atoms. The van der Waals surface area contributed by atoms with Crippen LogP contribution in [0.2, 0.25) is 0 Å². The van der Waals surface area contributed by atoms with Crippen LogP contribution in [0.1, 0.15) is 16.8 Å². The summed E-state index contributed by atoms with van der Waals surface area (Å²) in [4.78, 5) is 14.7. The molecule has 0 radical (unpaired) electrons. The molecule has 15 heavy (non-hydrogen) atoms. The fourth-order valence-electron chi connectivity index (χ4n) is 1.15. The van der Waals surface area contributed by atoms with Gasteiger partial charge in [0.2, 0.25) is 0 Å². The quantitative estimate of drug-likeness (QED) is 0.815. The average Bonchev–Trinajstić information content (AvgIpc) is 2.11. The van der Waals surface area contributed by atoms with Gasteiger partial charge in [0.05, 0.1) is 0 Å². The van der Waals surface area contributed by atoms with Crippen LogP contribution in [0.5, 0.6) is 0 Å². The molecule has 0 fully saturated rings. The number of aliphatic carboxylic acids is 1. The number of carboxylic acid groups (broad SMARTS) is 1. The first kappa shape index (κ1) is 13.9. The van der Waals surface area contributed by atoms with E-state index in [0.717, 1.165) is 16.8 Å². The van der Waals surface area contributed by atoms with Gasteiger partial charge in [0.1, 0.15) is 6.04 Å². The van der Waals surface area contributed by atoms with E-state index in [4.69, 9.17) is 10.8 Å². The van der Waals surface area contributed by atoms with Gasteiger partial charge in [-0.2, -0.15) is 0 Å². The van der Waals surface area contributed by atoms with Gasteiger partial charge in [-0.15, -0.1) is 12.4 Å². The standard InChI is InChI=1S/C10H14N2O2.ClH/c1-6-3-8(5-12-7(6)2)4-9(11)10(13)14;/h3,5,9H,4,11H2,1-2H3,(H,13,14);1H/t9-;/m0./s1. The molecule has 0 saturated carbocycles. The second-order valence-electron chi connectivity index (χ2n) is 3.39. The number of nitrogens with zero attached hydrogens (tertiary/aromatic N) is 1. The Labute approximate surface area is 94.9 Å². The Hall–Kier alpha value is -1.13. The van der Waals surface area contributed by atoms with Gasteiger partial charge in [-0.25, -0.2) is 0 Å². The van der Waals surface area contributed by atoms with E-state index in [9.17, 15) is 4.79 Å². The highest BCUT2D eigenvalue weighted by Crippen LogP contribution is 2.08. The summed E-state index contributed by atoms with van der Waals surface area (Å²) >= 11 is 0. The molecule has 0 aliphatic heterocycles. The Morgan fingerprint density at radius 3 is 2.67 bits per heavy atom. The molecule has 4 nitrogen and oxygen atoms in total. The van der Waals surface area contributed by atoms with E-state index in [1.165, 1.54) is 0 Å². The Kier molecular flexibility index (Phi) is 5.25. The summed E-state index contributed by atoms with van der Waals surface area (Å²) in [5, 5.41) is 8.62. The van der Waals surface area contributed by atoms with Crippen molar-refractivity contribution in [2.24, 2.45) is 5.73 Å². The lowest BCUT2D eigenvalue weighted by atomic mass is 10.1. The summed E-state index contributed by atoms with van der Waals surface area (Å²) in [5.41, 5.74) is 8.28. The van der Waals surface area contributed by atoms with Crippen molar-refractivity contribution in [3.05, 3.63) is 29.1 Å². The van der Waals surface area contributed by atoms with Crippen molar-refractivity contribution in [2.45, 2.75) is 26.3 Å². The molecular weight excluding hydrogens is 216 g/mol. The normalized spacial score (nSPS) is 11.7. The highest BCUT2D eigenvalue weighted by molar-refractivity contribution is 5.85. The SMILES string of the molecule is Cc1cc(C[C@H](N)C(=O)O)cnc1C.Cl. The molecule has 0 spiro atoms. The third-order valence-corrected chi connectivity index (χ3v) is 2.17. The number of carbonyl (C=O) groups is 1. The van der Waals surface area contributed by atoms with Crippen LogP contribution in [-0.4, -0.2) is 22.1 Å². The third-order valence-electron chi connectivity index (χ3n) is 2.17. The third kappa shape index (κ3) is 3.85. The van der Waals surface area contributed by atoms with Crippen molar-refractivity contribution in [3.8, 4) is 0 Å². The molecule has 1 rings (SSSR count). The van der Waals surface area contributed by atoms with Crippen molar-refractivity contribution < 1.29 is 9.90 Å². The number of pyridine rings is 1. The number of halogens is 1.